The molecule has 2 aromatic carbocycles. The predicted octanol–water partition coefficient (Wildman–Crippen LogP) is 2.67. The molecule has 0 saturated heterocycles. The van der Waals surface area contributed by atoms with Crippen molar-refractivity contribution in [2.45, 2.75) is 19.4 Å². The Balaban J connectivity index is 1.98. The van der Waals surface area contributed by atoms with Crippen LogP contribution in [0.2, 0.25) is 0 Å². The number of carbonyl (C=O) groups excluding carboxylic acids is 2. The van der Waals surface area contributed by atoms with Crippen molar-refractivity contribution in [3.05, 3.63) is 65.9 Å². The number of aromatic nitrogens is 3. The number of Topliss-reactive ketones (excluding diaryl/α,β-unsaturated/α-hetero) is 1. The molecule has 0 aliphatic carbocycles. The van der Waals surface area contributed by atoms with Crippen molar-refractivity contribution < 1.29 is 19.1 Å². The first-order valence-electron chi connectivity index (χ1n) is 9.03. The number of nitrogens with one attached hydrogen (secondary N) is 1. The Labute approximate surface area is 168 Å². The van der Waals surface area contributed by atoms with Gasteiger partial charge in [-0.05, 0) is 29.8 Å². The molecule has 1 heterocycles. The number of ether oxygens (including phenoxy) is 2. The first-order chi connectivity index (χ1) is 14.0. The number of hydrogen-bond donors (Lipinski definition) is 1. The van der Waals surface area contributed by atoms with E-state index in [9.17, 15) is 9.59 Å². The summed E-state index contributed by atoms with van der Waals surface area (Å²) in [6.45, 7) is 1.40. The lowest BCUT2D eigenvalue weighted by molar-refractivity contribution is -0.141. The molecule has 0 saturated carbocycles. The van der Waals surface area contributed by atoms with E-state index in [1.54, 1.807) is 31.4 Å². The van der Waals surface area contributed by atoms with Crippen LogP contribution in [0.3, 0.4) is 0 Å². The van der Waals surface area contributed by atoms with Crippen LogP contribution in [0.4, 0.5) is 5.82 Å². The predicted molar refractivity (Wildman–Crippen MR) is 107 cm³/mol. The van der Waals surface area contributed by atoms with Crippen molar-refractivity contribution in [2.75, 3.05) is 19.5 Å². The summed E-state index contributed by atoms with van der Waals surface area (Å²) >= 11 is 0. The first kappa shape index (κ1) is 20.1. The highest BCUT2D eigenvalue weighted by Gasteiger charge is 2.26. The summed E-state index contributed by atoms with van der Waals surface area (Å²) in [6, 6.07) is 15.9. The molecule has 1 unspecified atom stereocenters. The molecule has 3 aromatic rings. The second kappa shape index (κ2) is 9.01. The van der Waals surface area contributed by atoms with Crippen molar-refractivity contribution in [1.82, 2.24) is 15.0 Å². The minimum absolute atomic E-state index is 0.141. The van der Waals surface area contributed by atoms with Gasteiger partial charge < -0.3 is 14.8 Å². The maximum atomic E-state index is 12.4. The van der Waals surface area contributed by atoms with E-state index in [1.807, 2.05) is 30.3 Å². The van der Waals surface area contributed by atoms with Gasteiger partial charge in [-0.15, -0.1) is 5.10 Å². The minimum atomic E-state index is -0.726. The summed E-state index contributed by atoms with van der Waals surface area (Å²) < 4.78 is 11.6. The van der Waals surface area contributed by atoms with E-state index in [-0.39, 0.29) is 11.5 Å². The van der Waals surface area contributed by atoms with Gasteiger partial charge >= 0.3 is 5.97 Å². The maximum absolute atomic E-state index is 12.4. The number of ketones is 1. The molecule has 0 radical (unpaired) electrons. The van der Waals surface area contributed by atoms with E-state index in [1.165, 1.54) is 18.7 Å². The van der Waals surface area contributed by atoms with Crippen LogP contribution in [-0.4, -0.2) is 47.0 Å². The lowest BCUT2D eigenvalue weighted by atomic mass is 10.1. The Morgan fingerprint density at radius 2 is 1.76 bits per heavy atom. The Morgan fingerprint density at radius 1 is 1.07 bits per heavy atom. The summed E-state index contributed by atoms with van der Waals surface area (Å²) in [7, 11) is 2.91. The highest BCUT2D eigenvalue weighted by Crippen LogP contribution is 2.23. The largest absolute Gasteiger partial charge is 0.497 e. The lowest BCUT2D eigenvalue weighted by Gasteiger charge is -2.19. The van der Waals surface area contributed by atoms with Crippen LogP contribution in [0.15, 0.2) is 54.6 Å². The second-order valence-electron chi connectivity index (χ2n) is 6.36. The van der Waals surface area contributed by atoms with E-state index in [2.05, 4.69) is 15.6 Å². The second-order valence-corrected chi connectivity index (χ2v) is 6.36. The van der Waals surface area contributed by atoms with Crippen LogP contribution < -0.4 is 10.1 Å². The molecule has 0 fully saturated rings. The van der Waals surface area contributed by atoms with Crippen LogP contribution in [0.1, 0.15) is 23.0 Å². The topological polar surface area (TPSA) is 95.3 Å². The molecule has 8 heteroatoms. The molecule has 0 spiro atoms. The van der Waals surface area contributed by atoms with E-state index in [0.717, 1.165) is 5.56 Å². The van der Waals surface area contributed by atoms with Crippen LogP contribution in [0.25, 0.3) is 5.69 Å². The molecule has 0 bridgehead atoms. The number of methoxy groups -OCH3 is 2. The summed E-state index contributed by atoms with van der Waals surface area (Å²) in [6.07, 6.45) is 0.374. The third kappa shape index (κ3) is 4.60. The Hall–Kier alpha value is -3.68. The average molecular weight is 394 g/mol. The van der Waals surface area contributed by atoms with Crippen LogP contribution >= 0.6 is 0 Å². The summed E-state index contributed by atoms with van der Waals surface area (Å²) in [5.41, 5.74) is 1.75. The molecule has 1 atom stereocenters. The van der Waals surface area contributed by atoms with Crippen LogP contribution in [0.5, 0.6) is 5.75 Å². The number of carbonyl (C=O) groups is 2. The molecule has 150 valence electrons. The van der Waals surface area contributed by atoms with Gasteiger partial charge in [0.1, 0.15) is 11.8 Å². The van der Waals surface area contributed by atoms with Crippen molar-refractivity contribution in [2.24, 2.45) is 0 Å². The van der Waals surface area contributed by atoms with Gasteiger partial charge in [0.2, 0.25) is 0 Å². The fraction of sp³-hybridized carbons (Fsp3) is 0.238. The van der Waals surface area contributed by atoms with E-state index in [4.69, 9.17) is 9.47 Å². The van der Waals surface area contributed by atoms with Gasteiger partial charge in [0.25, 0.3) is 0 Å². The number of hydrogen-bond acceptors (Lipinski definition) is 7. The molecule has 3 rings (SSSR count). The fourth-order valence-corrected chi connectivity index (χ4v) is 2.90. The summed E-state index contributed by atoms with van der Waals surface area (Å²) in [4.78, 5) is 24.5. The summed E-state index contributed by atoms with van der Waals surface area (Å²) in [5.74, 6) is 0.294. The monoisotopic (exact) mass is 394 g/mol. The third-order valence-electron chi connectivity index (χ3n) is 4.40. The fourth-order valence-electron chi connectivity index (χ4n) is 2.90. The number of nitrogens with zero attached hydrogens (tertiary/aromatic N) is 3. The zero-order valence-corrected chi connectivity index (χ0v) is 16.5. The zero-order valence-electron chi connectivity index (χ0n) is 16.5. The molecule has 0 aliphatic heterocycles. The molecule has 8 nitrogen and oxygen atoms in total. The Kier molecular flexibility index (Phi) is 6.23. The lowest BCUT2D eigenvalue weighted by Crippen LogP contribution is -2.34. The van der Waals surface area contributed by atoms with Gasteiger partial charge in [-0.3, -0.25) is 4.79 Å². The van der Waals surface area contributed by atoms with Crippen molar-refractivity contribution in [3.63, 3.8) is 0 Å². The number of rotatable bonds is 8. The average Bonchev–Trinajstić information content (AvgIpc) is 3.17. The van der Waals surface area contributed by atoms with Crippen molar-refractivity contribution in [1.29, 1.82) is 0 Å². The minimum Gasteiger partial charge on any atom is -0.497 e. The Bertz CT molecular complexity index is 984. The van der Waals surface area contributed by atoms with E-state index >= 15 is 0 Å². The summed E-state index contributed by atoms with van der Waals surface area (Å²) in [5, 5.41) is 11.2. The van der Waals surface area contributed by atoms with Gasteiger partial charge in [-0.1, -0.05) is 35.5 Å². The maximum Gasteiger partial charge on any atom is 0.328 e. The zero-order chi connectivity index (χ0) is 20.8. The smallest absolute Gasteiger partial charge is 0.328 e. The van der Waals surface area contributed by atoms with Crippen molar-refractivity contribution >= 4 is 17.6 Å². The molecular weight excluding hydrogens is 372 g/mol. The number of benzene rings is 2. The molecule has 0 aliphatic rings. The number of anilines is 1. The van der Waals surface area contributed by atoms with Gasteiger partial charge in [0.15, 0.2) is 17.3 Å². The molecule has 1 N–H and O–H groups in total. The van der Waals surface area contributed by atoms with Gasteiger partial charge in [0, 0.05) is 13.3 Å². The van der Waals surface area contributed by atoms with E-state index < -0.39 is 12.0 Å². The normalized spacial score (nSPS) is 11.6. The number of esters is 1. The van der Waals surface area contributed by atoms with Gasteiger partial charge in [0.05, 0.1) is 19.9 Å². The third-order valence-corrected chi connectivity index (χ3v) is 4.40. The standard InChI is InChI=1S/C21H22N4O4/c1-14(26)19-20(25(24-23-19)16-9-11-17(28-2)12-10-16)22-18(21(27)29-3)13-15-7-5-4-6-8-15/h4-12,18,22H,13H2,1-3H3. The molecule has 1 aromatic heterocycles. The molecule has 29 heavy (non-hydrogen) atoms. The highest BCUT2D eigenvalue weighted by atomic mass is 16.5. The SMILES string of the molecule is COC(=O)C(Cc1ccccc1)Nc1c(C(C)=O)nnn1-c1ccc(OC)cc1. The highest BCUT2D eigenvalue weighted by molar-refractivity contribution is 5.97. The van der Waals surface area contributed by atoms with Gasteiger partial charge in [-0.25, -0.2) is 4.79 Å². The van der Waals surface area contributed by atoms with Crippen molar-refractivity contribution in [3.8, 4) is 11.4 Å². The van der Waals surface area contributed by atoms with Crippen LogP contribution in [0, 0.1) is 0 Å². The van der Waals surface area contributed by atoms with E-state index in [0.29, 0.717) is 23.7 Å². The quantitative estimate of drug-likeness (QED) is 0.463. The molecule has 0 amide bonds. The Morgan fingerprint density at radius 3 is 2.34 bits per heavy atom. The first-order valence-corrected chi connectivity index (χ1v) is 9.03. The molecular formula is C21H22N4O4. The van der Waals surface area contributed by atoms with Crippen LogP contribution in [-0.2, 0) is 16.0 Å². The van der Waals surface area contributed by atoms with Gasteiger partial charge in [-0.2, -0.15) is 4.68 Å².